The fourth-order valence-corrected chi connectivity index (χ4v) is 2.01. The van der Waals surface area contributed by atoms with Crippen molar-refractivity contribution in [3.63, 3.8) is 0 Å². The SMILES string of the molecule is CC(C)c1nc2ccc(CNC3CC3)cc2[nH]1. The highest BCUT2D eigenvalue weighted by molar-refractivity contribution is 5.76. The first-order valence-electron chi connectivity index (χ1n) is 6.44. The minimum absolute atomic E-state index is 0.454. The number of fused-ring (bicyclic) bond motifs is 1. The van der Waals surface area contributed by atoms with Gasteiger partial charge >= 0.3 is 0 Å². The molecule has 0 aliphatic heterocycles. The zero-order valence-electron chi connectivity index (χ0n) is 10.5. The van der Waals surface area contributed by atoms with E-state index in [-0.39, 0.29) is 0 Å². The quantitative estimate of drug-likeness (QED) is 0.846. The molecule has 2 aromatic rings. The molecule has 1 heterocycles. The number of imidazole rings is 1. The van der Waals surface area contributed by atoms with Crippen molar-refractivity contribution in [3.8, 4) is 0 Å². The smallest absolute Gasteiger partial charge is 0.109 e. The van der Waals surface area contributed by atoms with Gasteiger partial charge in [0, 0.05) is 18.5 Å². The van der Waals surface area contributed by atoms with E-state index in [1.165, 1.54) is 18.4 Å². The molecule has 0 radical (unpaired) electrons. The molecule has 0 amide bonds. The molecule has 1 saturated carbocycles. The predicted molar refractivity (Wildman–Crippen MR) is 70.0 cm³/mol. The number of rotatable bonds is 4. The third kappa shape index (κ3) is 2.34. The van der Waals surface area contributed by atoms with E-state index >= 15 is 0 Å². The Balaban J connectivity index is 1.83. The van der Waals surface area contributed by atoms with Crippen molar-refractivity contribution < 1.29 is 0 Å². The molecule has 1 aliphatic carbocycles. The molecule has 0 saturated heterocycles. The van der Waals surface area contributed by atoms with Crippen LogP contribution in [-0.4, -0.2) is 16.0 Å². The highest BCUT2D eigenvalue weighted by Crippen LogP contribution is 2.21. The first-order chi connectivity index (χ1) is 8.22. The monoisotopic (exact) mass is 229 g/mol. The van der Waals surface area contributed by atoms with E-state index in [9.17, 15) is 0 Å². The Morgan fingerprint density at radius 1 is 1.41 bits per heavy atom. The lowest BCUT2D eigenvalue weighted by Gasteiger charge is -2.02. The van der Waals surface area contributed by atoms with Gasteiger partial charge in [0.05, 0.1) is 11.0 Å². The molecule has 0 atom stereocenters. The van der Waals surface area contributed by atoms with Gasteiger partial charge in [-0.3, -0.25) is 0 Å². The normalized spacial score (nSPS) is 15.9. The van der Waals surface area contributed by atoms with Gasteiger partial charge in [-0.25, -0.2) is 4.98 Å². The van der Waals surface area contributed by atoms with Crippen molar-refractivity contribution in [1.29, 1.82) is 0 Å². The Hall–Kier alpha value is -1.35. The zero-order valence-corrected chi connectivity index (χ0v) is 10.5. The summed E-state index contributed by atoms with van der Waals surface area (Å²) in [5.74, 6) is 1.53. The third-order valence-corrected chi connectivity index (χ3v) is 3.28. The summed E-state index contributed by atoms with van der Waals surface area (Å²) in [5, 5.41) is 3.53. The van der Waals surface area contributed by atoms with E-state index in [4.69, 9.17) is 0 Å². The van der Waals surface area contributed by atoms with Crippen LogP contribution < -0.4 is 5.32 Å². The van der Waals surface area contributed by atoms with Crippen LogP contribution in [0, 0.1) is 0 Å². The van der Waals surface area contributed by atoms with Gasteiger partial charge in [-0.15, -0.1) is 0 Å². The molecule has 2 N–H and O–H groups in total. The minimum Gasteiger partial charge on any atom is -0.342 e. The summed E-state index contributed by atoms with van der Waals surface area (Å²) in [5.41, 5.74) is 3.57. The van der Waals surface area contributed by atoms with E-state index in [1.807, 2.05) is 0 Å². The number of nitrogens with one attached hydrogen (secondary N) is 2. The first-order valence-corrected chi connectivity index (χ1v) is 6.44. The van der Waals surface area contributed by atoms with Crippen LogP contribution in [-0.2, 0) is 6.54 Å². The lowest BCUT2D eigenvalue weighted by Crippen LogP contribution is -2.15. The summed E-state index contributed by atoms with van der Waals surface area (Å²) in [4.78, 5) is 7.98. The summed E-state index contributed by atoms with van der Waals surface area (Å²) in [6.07, 6.45) is 2.67. The molecular formula is C14H19N3. The highest BCUT2D eigenvalue weighted by atomic mass is 14.9. The summed E-state index contributed by atoms with van der Waals surface area (Å²) < 4.78 is 0. The molecule has 1 aliphatic rings. The molecule has 3 rings (SSSR count). The van der Waals surface area contributed by atoms with Crippen molar-refractivity contribution in [2.45, 2.75) is 45.2 Å². The lowest BCUT2D eigenvalue weighted by atomic mass is 10.2. The minimum atomic E-state index is 0.454. The second-order valence-corrected chi connectivity index (χ2v) is 5.28. The standard InChI is InChI=1S/C14H19N3/c1-9(2)14-16-12-6-3-10(7-13(12)17-14)8-15-11-4-5-11/h3,6-7,9,11,15H,4-5,8H2,1-2H3,(H,16,17). The van der Waals surface area contributed by atoms with E-state index in [0.29, 0.717) is 5.92 Å². The summed E-state index contributed by atoms with van der Waals surface area (Å²) in [6, 6.07) is 7.26. The molecule has 17 heavy (non-hydrogen) atoms. The largest absolute Gasteiger partial charge is 0.342 e. The van der Waals surface area contributed by atoms with Crippen LogP contribution in [0.4, 0.5) is 0 Å². The summed E-state index contributed by atoms with van der Waals surface area (Å²) in [6.45, 7) is 5.29. The maximum absolute atomic E-state index is 4.58. The first kappa shape index (κ1) is 10.8. The van der Waals surface area contributed by atoms with Crippen molar-refractivity contribution >= 4 is 11.0 Å². The van der Waals surface area contributed by atoms with Crippen LogP contribution >= 0.6 is 0 Å². The number of aromatic nitrogens is 2. The maximum atomic E-state index is 4.58. The van der Waals surface area contributed by atoms with Crippen molar-refractivity contribution in [1.82, 2.24) is 15.3 Å². The number of nitrogens with zero attached hydrogens (tertiary/aromatic N) is 1. The Morgan fingerprint density at radius 3 is 2.94 bits per heavy atom. The highest BCUT2D eigenvalue weighted by Gasteiger charge is 2.19. The molecule has 3 heteroatoms. The molecule has 0 spiro atoms. The number of H-pyrrole nitrogens is 1. The fraction of sp³-hybridized carbons (Fsp3) is 0.500. The van der Waals surface area contributed by atoms with Crippen LogP contribution in [0.5, 0.6) is 0 Å². The summed E-state index contributed by atoms with van der Waals surface area (Å²) in [7, 11) is 0. The van der Waals surface area contributed by atoms with Crippen molar-refractivity contribution in [2.75, 3.05) is 0 Å². The molecule has 1 aromatic carbocycles. The number of benzene rings is 1. The molecule has 1 fully saturated rings. The fourth-order valence-electron chi connectivity index (χ4n) is 2.01. The Bertz CT molecular complexity index is 523. The van der Waals surface area contributed by atoms with Gasteiger partial charge in [-0.2, -0.15) is 0 Å². The van der Waals surface area contributed by atoms with Gasteiger partial charge < -0.3 is 10.3 Å². The molecule has 0 unspecified atom stereocenters. The van der Waals surface area contributed by atoms with Gasteiger partial charge in [0.25, 0.3) is 0 Å². The van der Waals surface area contributed by atoms with Gasteiger partial charge in [0.15, 0.2) is 0 Å². The zero-order chi connectivity index (χ0) is 11.8. The van der Waals surface area contributed by atoms with E-state index in [2.05, 4.69) is 47.3 Å². The van der Waals surface area contributed by atoms with Gasteiger partial charge in [-0.1, -0.05) is 19.9 Å². The van der Waals surface area contributed by atoms with Crippen LogP contribution in [0.25, 0.3) is 11.0 Å². The van der Waals surface area contributed by atoms with Crippen LogP contribution in [0.15, 0.2) is 18.2 Å². The average molecular weight is 229 g/mol. The van der Waals surface area contributed by atoms with E-state index in [0.717, 1.165) is 29.4 Å². The van der Waals surface area contributed by atoms with Crippen LogP contribution in [0.2, 0.25) is 0 Å². The van der Waals surface area contributed by atoms with Crippen molar-refractivity contribution in [2.24, 2.45) is 0 Å². The van der Waals surface area contributed by atoms with E-state index in [1.54, 1.807) is 0 Å². The Labute approximate surface area is 102 Å². The molecule has 90 valence electrons. The topological polar surface area (TPSA) is 40.7 Å². The van der Waals surface area contributed by atoms with Crippen LogP contribution in [0.1, 0.15) is 44.0 Å². The molecule has 1 aromatic heterocycles. The van der Waals surface area contributed by atoms with E-state index < -0.39 is 0 Å². The molecular weight excluding hydrogens is 210 g/mol. The van der Waals surface area contributed by atoms with Crippen molar-refractivity contribution in [3.05, 3.63) is 29.6 Å². The second-order valence-electron chi connectivity index (χ2n) is 5.28. The van der Waals surface area contributed by atoms with Gasteiger partial charge in [-0.05, 0) is 30.5 Å². The predicted octanol–water partition coefficient (Wildman–Crippen LogP) is 2.94. The Kier molecular flexibility index (Phi) is 2.63. The van der Waals surface area contributed by atoms with Gasteiger partial charge in [0.1, 0.15) is 5.82 Å². The number of hydrogen-bond acceptors (Lipinski definition) is 2. The Morgan fingerprint density at radius 2 is 2.24 bits per heavy atom. The second kappa shape index (κ2) is 4.15. The number of aromatic amines is 1. The summed E-state index contributed by atoms with van der Waals surface area (Å²) >= 11 is 0. The number of hydrogen-bond donors (Lipinski definition) is 2. The third-order valence-electron chi connectivity index (χ3n) is 3.28. The van der Waals surface area contributed by atoms with Crippen LogP contribution in [0.3, 0.4) is 0 Å². The molecule has 0 bridgehead atoms. The van der Waals surface area contributed by atoms with Gasteiger partial charge in [0.2, 0.25) is 0 Å². The average Bonchev–Trinajstić information content (AvgIpc) is 3.03. The molecule has 3 nitrogen and oxygen atoms in total. The lowest BCUT2D eigenvalue weighted by molar-refractivity contribution is 0.688. The maximum Gasteiger partial charge on any atom is 0.109 e.